The fourth-order valence-corrected chi connectivity index (χ4v) is 1.84. The number of rotatable bonds is 7. The van der Waals surface area contributed by atoms with E-state index in [0.29, 0.717) is 6.54 Å². The zero-order chi connectivity index (χ0) is 11.2. The van der Waals surface area contributed by atoms with Crippen LogP contribution in [0.4, 0.5) is 0 Å². The number of carbonyl (C=O) groups is 1. The van der Waals surface area contributed by atoms with Crippen molar-refractivity contribution in [1.82, 2.24) is 9.03 Å². The summed E-state index contributed by atoms with van der Waals surface area (Å²) in [5.41, 5.74) is 0. The first-order chi connectivity index (χ1) is 6.40. The highest BCUT2D eigenvalue weighted by molar-refractivity contribution is 7.87. The minimum Gasteiger partial charge on any atom is -0.481 e. The third-order valence-corrected chi connectivity index (χ3v) is 3.14. The third-order valence-electron chi connectivity index (χ3n) is 1.57. The summed E-state index contributed by atoms with van der Waals surface area (Å²) >= 11 is 0. The lowest BCUT2D eigenvalue weighted by atomic mass is 10.5. The highest BCUT2D eigenvalue weighted by Gasteiger charge is 2.15. The van der Waals surface area contributed by atoms with E-state index in [2.05, 4.69) is 4.72 Å². The Bertz CT molecular complexity index is 275. The van der Waals surface area contributed by atoms with Crippen molar-refractivity contribution in [3.8, 4) is 0 Å². The maximum Gasteiger partial charge on any atom is 0.304 e. The van der Waals surface area contributed by atoms with Crippen molar-refractivity contribution in [2.75, 3.05) is 20.1 Å². The van der Waals surface area contributed by atoms with Gasteiger partial charge in [0.1, 0.15) is 0 Å². The van der Waals surface area contributed by atoms with Crippen LogP contribution in [0.2, 0.25) is 0 Å². The Kier molecular flexibility index (Phi) is 5.66. The molecule has 0 atom stereocenters. The minimum absolute atomic E-state index is 0.0777. The molecule has 7 heteroatoms. The van der Waals surface area contributed by atoms with Gasteiger partial charge in [-0.25, -0.2) is 4.72 Å². The van der Waals surface area contributed by atoms with Crippen LogP contribution < -0.4 is 4.72 Å². The van der Waals surface area contributed by atoms with E-state index in [4.69, 9.17) is 5.11 Å². The summed E-state index contributed by atoms with van der Waals surface area (Å²) in [4.78, 5) is 10.1. The first-order valence-electron chi connectivity index (χ1n) is 4.33. The smallest absolute Gasteiger partial charge is 0.304 e. The normalized spacial score (nSPS) is 11.9. The van der Waals surface area contributed by atoms with E-state index >= 15 is 0 Å². The van der Waals surface area contributed by atoms with Gasteiger partial charge in [-0.1, -0.05) is 6.92 Å². The van der Waals surface area contributed by atoms with Crippen LogP contribution >= 0.6 is 0 Å². The van der Waals surface area contributed by atoms with Gasteiger partial charge >= 0.3 is 5.97 Å². The number of hydrogen-bond acceptors (Lipinski definition) is 3. The van der Waals surface area contributed by atoms with Crippen LogP contribution in [0.3, 0.4) is 0 Å². The van der Waals surface area contributed by atoms with Crippen molar-refractivity contribution in [1.29, 1.82) is 0 Å². The Hall–Kier alpha value is -0.660. The Labute approximate surface area is 84.1 Å². The largest absolute Gasteiger partial charge is 0.481 e. The average Bonchev–Trinajstić information content (AvgIpc) is 2.03. The lowest BCUT2D eigenvalue weighted by molar-refractivity contribution is -0.136. The summed E-state index contributed by atoms with van der Waals surface area (Å²) < 4.78 is 26.0. The molecule has 0 amide bonds. The van der Waals surface area contributed by atoms with Crippen molar-refractivity contribution in [3.63, 3.8) is 0 Å². The molecule has 0 saturated heterocycles. The molecule has 0 unspecified atom stereocenters. The average molecular weight is 224 g/mol. The van der Waals surface area contributed by atoms with E-state index in [-0.39, 0.29) is 13.0 Å². The molecule has 0 rings (SSSR count). The Morgan fingerprint density at radius 3 is 2.50 bits per heavy atom. The SMILES string of the molecule is CCCN(C)S(=O)(=O)NCCC(=O)O. The lowest BCUT2D eigenvalue weighted by Crippen LogP contribution is -2.39. The summed E-state index contributed by atoms with van der Waals surface area (Å²) in [6.45, 7) is 2.21. The van der Waals surface area contributed by atoms with Crippen LogP contribution in [-0.2, 0) is 15.0 Å². The van der Waals surface area contributed by atoms with Gasteiger partial charge in [-0.3, -0.25) is 4.79 Å². The first kappa shape index (κ1) is 13.3. The molecule has 0 aliphatic rings. The molecule has 84 valence electrons. The zero-order valence-electron chi connectivity index (χ0n) is 8.36. The number of hydrogen-bond donors (Lipinski definition) is 2. The molecule has 0 aromatic carbocycles. The van der Waals surface area contributed by atoms with E-state index in [1.54, 1.807) is 0 Å². The molecule has 0 heterocycles. The molecule has 2 N–H and O–H groups in total. The van der Waals surface area contributed by atoms with Crippen molar-refractivity contribution >= 4 is 16.2 Å². The fraction of sp³-hybridized carbons (Fsp3) is 0.857. The second-order valence-electron chi connectivity index (χ2n) is 2.86. The van der Waals surface area contributed by atoms with Gasteiger partial charge < -0.3 is 5.11 Å². The first-order valence-corrected chi connectivity index (χ1v) is 5.77. The number of aliphatic carboxylic acids is 1. The van der Waals surface area contributed by atoms with E-state index in [9.17, 15) is 13.2 Å². The third kappa shape index (κ3) is 5.15. The van der Waals surface area contributed by atoms with Crippen LogP contribution in [0.25, 0.3) is 0 Å². The zero-order valence-corrected chi connectivity index (χ0v) is 9.17. The van der Waals surface area contributed by atoms with Crippen LogP contribution in [-0.4, -0.2) is 43.9 Å². The topological polar surface area (TPSA) is 86.7 Å². The highest BCUT2D eigenvalue weighted by Crippen LogP contribution is 1.95. The molecule has 0 aromatic heterocycles. The van der Waals surface area contributed by atoms with Crippen molar-refractivity contribution < 1.29 is 18.3 Å². The minimum atomic E-state index is -3.50. The number of carboxylic acids is 1. The number of carboxylic acid groups (broad SMARTS) is 1. The van der Waals surface area contributed by atoms with Crippen LogP contribution in [0.1, 0.15) is 19.8 Å². The van der Waals surface area contributed by atoms with E-state index in [0.717, 1.165) is 10.7 Å². The monoisotopic (exact) mass is 224 g/mol. The quantitative estimate of drug-likeness (QED) is 0.618. The van der Waals surface area contributed by atoms with E-state index in [1.807, 2.05) is 6.92 Å². The standard InChI is InChI=1S/C7H16N2O4S/c1-3-6-9(2)14(12,13)8-5-4-7(10)11/h8H,3-6H2,1-2H3,(H,10,11). The molecule has 0 radical (unpaired) electrons. The van der Waals surface area contributed by atoms with Crippen LogP contribution in [0, 0.1) is 0 Å². The van der Waals surface area contributed by atoms with Crippen molar-refractivity contribution in [2.45, 2.75) is 19.8 Å². The van der Waals surface area contributed by atoms with Gasteiger partial charge in [0.15, 0.2) is 0 Å². The van der Waals surface area contributed by atoms with Crippen molar-refractivity contribution in [2.24, 2.45) is 0 Å². The molecule has 0 spiro atoms. The number of nitrogens with zero attached hydrogens (tertiary/aromatic N) is 1. The van der Waals surface area contributed by atoms with E-state index < -0.39 is 16.2 Å². The molecular weight excluding hydrogens is 208 g/mol. The predicted octanol–water partition coefficient (Wildman–Crippen LogP) is -0.363. The second-order valence-corrected chi connectivity index (χ2v) is 4.73. The maximum absolute atomic E-state index is 11.3. The van der Waals surface area contributed by atoms with Crippen molar-refractivity contribution in [3.05, 3.63) is 0 Å². The van der Waals surface area contributed by atoms with Crippen LogP contribution in [0.15, 0.2) is 0 Å². The van der Waals surface area contributed by atoms with Gasteiger partial charge in [-0.2, -0.15) is 12.7 Å². The molecule has 0 aliphatic carbocycles. The molecule has 0 aromatic rings. The second kappa shape index (κ2) is 5.94. The summed E-state index contributed by atoms with van der Waals surface area (Å²) in [5.74, 6) is -1.02. The highest BCUT2D eigenvalue weighted by atomic mass is 32.2. The Morgan fingerprint density at radius 2 is 2.07 bits per heavy atom. The van der Waals surface area contributed by atoms with E-state index in [1.165, 1.54) is 7.05 Å². The molecular formula is C7H16N2O4S. The molecule has 14 heavy (non-hydrogen) atoms. The fourth-order valence-electron chi connectivity index (χ4n) is 0.832. The Balaban J connectivity index is 4.01. The maximum atomic E-state index is 11.3. The summed E-state index contributed by atoms with van der Waals surface area (Å²) in [5, 5.41) is 8.30. The van der Waals surface area contributed by atoms with Gasteiger partial charge in [0.25, 0.3) is 10.2 Å². The van der Waals surface area contributed by atoms with Gasteiger partial charge in [0.05, 0.1) is 6.42 Å². The molecule has 0 saturated carbocycles. The molecule has 0 aliphatic heterocycles. The summed E-state index contributed by atoms with van der Waals surface area (Å²) in [7, 11) is -2.05. The van der Waals surface area contributed by atoms with Crippen LogP contribution in [0.5, 0.6) is 0 Å². The molecule has 6 nitrogen and oxygen atoms in total. The number of nitrogens with one attached hydrogen (secondary N) is 1. The van der Waals surface area contributed by atoms with Gasteiger partial charge in [0.2, 0.25) is 0 Å². The molecule has 0 bridgehead atoms. The molecule has 0 fully saturated rings. The van der Waals surface area contributed by atoms with Gasteiger partial charge in [0, 0.05) is 20.1 Å². The van der Waals surface area contributed by atoms with Gasteiger partial charge in [-0.15, -0.1) is 0 Å². The Morgan fingerprint density at radius 1 is 1.50 bits per heavy atom. The summed E-state index contributed by atoms with van der Waals surface area (Å²) in [6.07, 6.45) is 0.509. The predicted molar refractivity (Wildman–Crippen MR) is 52.1 cm³/mol. The lowest BCUT2D eigenvalue weighted by Gasteiger charge is -2.16. The van der Waals surface area contributed by atoms with Gasteiger partial charge in [-0.05, 0) is 6.42 Å². The summed E-state index contributed by atoms with van der Waals surface area (Å²) in [6, 6.07) is 0.